The Labute approximate surface area is 193 Å². The molecule has 3 saturated carbocycles. The summed E-state index contributed by atoms with van der Waals surface area (Å²) in [6, 6.07) is 0. The first kappa shape index (κ1) is 25.5. The Morgan fingerprint density at radius 1 is 1.22 bits per heavy atom. The second-order valence-corrected chi connectivity index (χ2v) is 11.6. The molecule has 3 fully saturated rings. The molecule has 6 atom stereocenters. The highest BCUT2D eigenvalue weighted by molar-refractivity contribution is 5.69. The van der Waals surface area contributed by atoms with Crippen LogP contribution in [0.5, 0.6) is 0 Å². The van der Waals surface area contributed by atoms with Gasteiger partial charge in [-0.3, -0.25) is 4.79 Å². The van der Waals surface area contributed by atoms with Crippen LogP contribution in [0.3, 0.4) is 0 Å². The van der Waals surface area contributed by atoms with Gasteiger partial charge in [-0.15, -0.1) is 0 Å². The number of ether oxygens (including phenoxy) is 1. The fourth-order valence-electron chi connectivity index (χ4n) is 6.42. The Morgan fingerprint density at radius 3 is 2.50 bits per heavy atom. The molecule has 0 heterocycles. The zero-order chi connectivity index (χ0) is 23.7. The molecule has 182 valence electrons. The smallest absolute Gasteiger partial charge is 0.306 e. The Balaban J connectivity index is 1.66. The maximum absolute atomic E-state index is 12.3. The van der Waals surface area contributed by atoms with Gasteiger partial charge in [0.05, 0.1) is 17.8 Å². The van der Waals surface area contributed by atoms with E-state index < -0.39 is 17.8 Å². The predicted molar refractivity (Wildman–Crippen MR) is 126 cm³/mol. The van der Waals surface area contributed by atoms with Crippen molar-refractivity contribution in [1.82, 2.24) is 0 Å². The van der Waals surface area contributed by atoms with Crippen molar-refractivity contribution >= 4 is 5.97 Å². The number of fused-ring (bicyclic) bond motifs is 1. The zero-order valence-corrected chi connectivity index (χ0v) is 20.6. The molecule has 32 heavy (non-hydrogen) atoms. The minimum absolute atomic E-state index is 0.0685. The van der Waals surface area contributed by atoms with Crippen LogP contribution in [-0.4, -0.2) is 45.2 Å². The molecule has 0 unspecified atom stereocenters. The molecule has 3 rings (SSSR count). The van der Waals surface area contributed by atoms with Gasteiger partial charge in [-0.1, -0.05) is 37.1 Å². The van der Waals surface area contributed by atoms with Crippen molar-refractivity contribution in [2.24, 2.45) is 23.2 Å². The molecule has 0 aliphatic heterocycles. The third kappa shape index (κ3) is 5.84. The first-order chi connectivity index (χ1) is 14.9. The van der Waals surface area contributed by atoms with Gasteiger partial charge in [0.15, 0.2) is 0 Å². The largest absolute Gasteiger partial charge is 0.462 e. The van der Waals surface area contributed by atoms with Gasteiger partial charge in [-0.05, 0) is 83.5 Å². The van der Waals surface area contributed by atoms with Gasteiger partial charge in [0.25, 0.3) is 0 Å². The average molecular weight is 449 g/mol. The molecular formula is C27H44O5. The Kier molecular flexibility index (Phi) is 7.94. The number of hydrogen-bond acceptors (Lipinski definition) is 5. The summed E-state index contributed by atoms with van der Waals surface area (Å²) in [6.07, 6.45) is 10.8. The molecule has 0 saturated heterocycles. The van der Waals surface area contributed by atoms with Gasteiger partial charge >= 0.3 is 5.97 Å². The topological polar surface area (TPSA) is 87.0 Å². The second kappa shape index (κ2) is 9.99. The first-order valence-electron chi connectivity index (χ1n) is 12.6. The van der Waals surface area contributed by atoms with Crippen molar-refractivity contribution in [3.63, 3.8) is 0 Å². The van der Waals surface area contributed by atoms with Crippen LogP contribution >= 0.6 is 0 Å². The second-order valence-electron chi connectivity index (χ2n) is 11.6. The molecule has 3 aliphatic carbocycles. The summed E-state index contributed by atoms with van der Waals surface area (Å²) in [6.45, 7) is 9.74. The molecule has 0 amide bonds. The zero-order valence-electron chi connectivity index (χ0n) is 20.6. The third-order valence-corrected chi connectivity index (χ3v) is 8.55. The molecule has 0 spiro atoms. The molecular weight excluding hydrogens is 404 g/mol. The van der Waals surface area contributed by atoms with Crippen LogP contribution < -0.4 is 0 Å². The van der Waals surface area contributed by atoms with Crippen LogP contribution in [0.1, 0.15) is 92.4 Å². The lowest BCUT2D eigenvalue weighted by Crippen LogP contribution is -2.39. The molecule has 0 aromatic heterocycles. The number of aliphatic hydroxyl groups is 3. The molecule has 0 bridgehead atoms. The van der Waals surface area contributed by atoms with Crippen LogP contribution in [0.15, 0.2) is 23.3 Å². The van der Waals surface area contributed by atoms with E-state index in [0.717, 1.165) is 37.7 Å². The summed E-state index contributed by atoms with van der Waals surface area (Å²) in [5, 5.41) is 30.3. The van der Waals surface area contributed by atoms with Crippen molar-refractivity contribution < 1.29 is 24.9 Å². The fraction of sp³-hybridized carbons (Fsp3) is 0.815. The van der Waals surface area contributed by atoms with Crippen LogP contribution in [0.2, 0.25) is 0 Å². The fourth-order valence-corrected chi connectivity index (χ4v) is 6.42. The van der Waals surface area contributed by atoms with Gasteiger partial charge in [0, 0.05) is 18.3 Å². The predicted octanol–water partition coefficient (Wildman–Crippen LogP) is 4.69. The highest BCUT2D eigenvalue weighted by Crippen LogP contribution is 2.58. The van der Waals surface area contributed by atoms with Gasteiger partial charge in [-0.25, -0.2) is 0 Å². The number of aliphatic hydroxyl groups excluding tert-OH is 2. The highest BCUT2D eigenvalue weighted by atomic mass is 16.5. The van der Waals surface area contributed by atoms with Crippen LogP contribution in [0.4, 0.5) is 0 Å². The van der Waals surface area contributed by atoms with Gasteiger partial charge in [0.1, 0.15) is 6.10 Å². The molecule has 3 aliphatic rings. The van der Waals surface area contributed by atoms with E-state index in [2.05, 4.69) is 19.1 Å². The van der Waals surface area contributed by atoms with Crippen molar-refractivity contribution in [3.8, 4) is 0 Å². The summed E-state index contributed by atoms with van der Waals surface area (Å²) in [4.78, 5) is 12.3. The average Bonchev–Trinajstić information content (AvgIpc) is 3.06. The Bertz CT molecular complexity index is 719. The lowest BCUT2D eigenvalue weighted by atomic mass is 9.62. The number of carbonyl (C=O) groups is 1. The lowest BCUT2D eigenvalue weighted by Gasteiger charge is -2.44. The monoisotopic (exact) mass is 448 g/mol. The Morgan fingerprint density at radius 2 is 1.88 bits per heavy atom. The van der Waals surface area contributed by atoms with E-state index in [1.165, 1.54) is 5.57 Å². The maximum Gasteiger partial charge on any atom is 0.306 e. The summed E-state index contributed by atoms with van der Waals surface area (Å²) in [7, 11) is 0. The van der Waals surface area contributed by atoms with E-state index >= 15 is 0 Å². The van der Waals surface area contributed by atoms with Crippen molar-refractivity contribution in [3.05, 3.63) is 23.3 Å². The van der Waals surface area contributed by atoms with Crippen molar-refractivity contribution in [2.45, 2.75) is 116 Å². The van der Waals surface area contributed by atoms with Crippen LogP contribution in [-0.2, 0) is 9.53 Å². The molecule has 5 nitrogen and oxygen atoms in total. The highest BCUT2D eigenvalue weighted by Gasteiger charge is 2.51. The molecule has 5 heteroatoms. The number of carbonyl (C=O) groups excluding carboxylic acids is 1. The molecule has 0 aromatic rings. The minimum Gasteiger partial charge on any atom is -0.462 e. The normalized spacial score (nSPS) is 37.8. The number of esters is 1. The summed E-state index contributed by atoms with van der Waals surface area (Å²) < 4.78 is 5.83. The van der Waals surface area contributed by atoms with E-state index in [1.807, 2.05) is 13.8 Å². The van der Waals surface area contributed by atoms with Crippen molar-refractivity contribution in [1.29, 1.82) is 0 Å². The van der Waals surface area contributed by atoms with Gasteiger partial charge in [0.2, 0.25) is 0 Å². The van der Waals surface area contributed by atoms with Gasteiger partial charge < -0.3 is 20.1 Å². The Hall–Kier alpha value is -1.17. The summed E-state index contributed by atoms with van der Waals surface area (Å²) in [5.41, 5.74) is 1.87. The molecule has 0 radical (unpaired) electrons. The van der Waals surface area contributed by atoms with E-state index in [0.29, 0.717) is 31.1 Å². The van der Waals surface area contributed by atoms with Crippen LogP contribution in [0, 0.1) is 23.2 Å². The SMILES string of the molecule is CC1[C@H](O)CC(=C/C=C2\CCC[C@]3(C)[C@@H]([C@H](C)OC(=O)CCC(C)(C)O)CC[C@@H]23)C[C@H]1O. The molecule has 3 N–H and O–H groups in total. The quantitative estimate of drug-likeness (QED) is 0.513. The summed E-state index contributed by atoms with van der Waals surface area (Å²) in [5.74, 6) is 0.551. The standard InChI is InChI=1S/C27H44O5/c1-17-23(28)15-19(16-24(17)29)8-9-20-7-6-13-27(5)21(10-11-22(20)27)18(2)32-25(30)12-14-26(3,4)31/h8-9,17-18,21-24,28-29,31H,6-7,10-16H2,1-5H3/b19-8?,20-9+/t17?,18-,21+,22-,23+,24+,27+/m0/s1. The van der Waals surface area contributed by atoms with E-state index in [1.54, 1.807) is 13.8 Å². The lowest BCUT2D eigenvalue weighted by molar-refractivity contribution is -0.154. The summed E-state index contributed by atoms with van der Waals surface area (Å²) >= 11 is 0. The molecule has 0 aromatic carbocycles. The number of rotatable bonds is 6. The van der Waals surface area contributed by atoms with Crippen LogP contribution in [0.25, 0.3) is 0 Å². The van der Waals surface area contributed by atoms with E-state index in [4.69, 9.17) is 4.74 Å². The number of allylic oxidation sites excluding steroid dienone is 3. The first-order valence-corrected chi connectivity index (χ1v) is 12.6. The van der Waals surface area contributed by atoms with E-state index in [-0.39, 0.29) is 29.8 Å². The van der Waals surface area contributed by atoms with E-state index in [9.17, 15) is 20.1 Å². The third-order valence-electron chi connectivity index (χ3n) is 8.55. The minimum atomic E-state index is -0.854. The van der Waals surface area contributed by atoms with Gasteiger partial charge in [-0.2, -0.15) is 0 Å². The number of hydrogen-bond donors (Lipinski definition) is 3. The van der Waals surface area contributed by atoms with Crippen molar-refractivity contribution in [2.75, 3.05) is 0 Å². The maximum atomic E-state index is 12.3.